The number of nitrogens with zero attached hydrogens (tertiary/aromatic N) is 1. The number of rotatable bonds is 3. The molecule has 1 rings (SSSR count). The molecular formula is C14H18ClGeN2O2. The minimum absolute atomic E-state index is 0.102. The van der Waals surface area contributed by atoms with Crippen LogP contribution in [0.2, 0.25) is 10.3 Å². The second-order valence-electron chi connectivity index (χ2n) is 5.35. The molecule has 0 aromatic heterocycles. The van der Waals surface area contributed by atoms with E-state index in [2.05, 4.69) is 5.43 Å². The van der Waals surface area contributed by atoms with Crippen LogP contribution < -0.4 is 5.43 Å². The van der Waals surface area contributed by atoms with Crippen LogP contribution in [0.15, 0.2) is 24.3 Å². The fourth-order valence-corrected chi connectivity index (χ4v) is 2.26. The number of carbonyl (C=O) groups excluding carboxylic acids is 2. The number of halogens is 1. The zero-order valence-corrected chi connectivity index (χ0v) is 14.7. The van der Waals surface area contributed by atoms with Crippen LogP contribution in [0.5, 0.6) is 0 Å². The van der Waals surface area contributed by atoms with Gasteiger partial charge in [-0.1, -0.05) is 0 Å². The van der Waals surface area contributed by atoms with Crippen LogP contribution >= 0.6 is 11.6 Å². The molecule has 3 radical (unpaired) electrons. The maximum absolute atomic E-state index is 12.2. The van der Waals surface area contributed by atoms with E-state index in [9.17, 15) is 9.59 Å². The third kappa shape index (κ3) is 4.83. The van der Waals surface area contributed by atoms with Crippen LogP contribution in [-0.4, -0.2) is 38.9 Å². The number of benzene rings is 1. The molecule has 2 amide bonds. The van der Waals surface area contributed by atoms with E-state index in [0.717, 1.165) is 5.25 Å². The van der Waals surface area contributed by atoms with E-state index in [4.69, 9.17) is 11.6 Å². The van der Waals surface area contributed by atoms with Crippen molar-refractivity contribution < 1.29 is 9.59 Å². The van der Waals surface area contributed by atoms with Crippen molar-refractivity contribution in [2.45, 2.75) is 38.0 Å². The predicted octanol–water partition coefficient (Wildman–Crippen LogP) is 2.59. The summed E-state index contributed by atoms with van der Waals surface area (Å²) in [5.41, 5.74) is 2.61. The van der Waals surface area contributed by atoms with Crippen LogP contribution in [0.25, 0.3) is 0 Å². The summed E-state index contributed by atoms with van der Waals surface area (Å²) >= 11 is 7.80. The summed E-state index contributed by atoms with van der Waals surface area (Å²) in [6.07, 6.45) is 0.396. The molecular weight excluding hydrogens is 336 g/mol. The molecule has 0 atom stereocenters. The Kier molecular flexibility index (Phi) is 6.08. The van der Waals surface area contributed by atoms with Gasteiger partial charge in [0.2, 0.25) is 0 Å². The Bertz CT molecular complexity index is 500. The third-order valence-electron chi connectivity index (χ3n) is 2.56. The van der Waals surface area contributed by atoms with E-state index in [1.54, 1.807) is 24.3 Å². The summed E-state index contributed by atoms with van der Waals surface area (Å²) in [6, 6.07) is 6.63. The number of amides is 2. The molecule has 1 aromatic carbocycles. The van der Waals surface area contributed by atoms with Gasteiger partial charge >= 0.3 is 133 Å². The molecule has 0 saturated carbocycles. The van der Waals surface area contributed by atoms with Crippen molar-refractivity contribution in [3.63, 3.8) is 0 Å². The Morgan fingerprint density at radius 1 is 1.35 bits per heavy atom. The zero-order valence-electron chi connectivity index (χ0n) is 11.9. The number of hydrogen-bond acceptors (Lipinski definition) is 2. The van der Waals surface area contributed by atoms with Crippen molar-refractivity contribution in [2.24, 2.45) is 0 Å². The number of hydrazine groups is 1. The Hall–Kier alpha value is -1.01. The average molecular weight is 354 g/mol. The van der Waals surface area contributed by atoms with Crippen molar-refractivity contribution in [1.29, 1.82) is 0 Å². The molecule has 0 heterocycles. The summed E-state index contributed by atoms with van der Waals surface area (Å²) in [4.78, 5) is 24.3. The van der Waals surface area contributed by atoms with E-state index in [1.807, 2.05) is 37.3 Å². The van der Waals surface area contributed by atoms with Crippen LogP contribution in [0, 0.1) is 0 Å². The second kappa shape index (κ2) is 7.13. The first-order valence-corrected chi connectivity index (χ1v) is 8.16. The fraction of sp³-hybridized carbons (Fsp3) is 0.429. The molecule has 107 valence electrons. The molecule has 0 unspecified atom stereocenters. The molecule has 4 nitrogen and oxygen atoms in total. The molecule has 0 fully saturated rings. The number of hydrogen-bond donors (Lipinski definition) is 1. The van der Waals surface area contributed by atoms with Crippen molar-refractivity contribution in [3.05, 3.63) is 34.9 Å². The Morgan fingerprint density at radius 3 is 2.50 bits per heavy atom. The van der Waals surface area contributed by atoms with Crippen LogP contribution in [0.3, 0.4) is 0 Å². The first-order valence-electron chi connectivity index (χ1n) is 6.30. The van der Waals surface area contributed by atoms with Crippen molar-refractivity contribution in [3.8, 4) is 0 Å². The Morgan fingerprint density at radius 2 is 2.00 bits per heavy atom. The van der Waals surface area contributed by atoms with Gasteiger partial charge in [0.15, 0.2) is 0 Å². The molecule has 6 heteroatoms. The van der Waals surface area contributed by atoms with Gasteiger partial charge in [-0.3, -0.25) is 0 Å². The van der Waals surface area contributed by atoms with Crippen molar-refractivity contribution in [1.82, 2.24) is 10.4 Å². The SMILES string of the molecule is CC(C)(C)N(NC(=O)c1cccc(Cl)c1)C(=O)C[CH2][Ge]. The number of nitrogens with one attached hydrogen (secondary N) is 1. The van der Waals surface area contributed by atoms with E-state index < -0.39 is 5.54 Å². The average Bonchev–Trinajstić information content (AvgIpc) is 2.34. The Balaban J connectivity index is 2.90. The van der Waals surface area contributed by atoms with Gasteiger partial charge in [0.1, 0.15) is 0 Å². The van der Waals surface area contributed by atoms with Gasteiger partial charge in [-0.05, 0) is 0 Å². The van der Waals surface area contributed by atoms with E-state index >= 15 is 0 Å². The molecule has 0 aliphatic rings. The molecule has 0 aliphatic heterocycles. The molecule has 1 aromatic rings. The maximum atomic E-state index is 12.2. The minimum atomic E-state index is -0.486. The summed E-state index contributed by atoms with van der Waals surface area (Å²) in [6.45, 7) is 5.62. The summed E-state index contributed by atoms with van der Waals surface area (Å²) in [5.74, 6) is -0.442. The monoisotopic (exact) mass is 355 g/mol. The molecule has 20 heavy (non-hydrogen) atoms. The molecule has 0 spiro atoms. The van der Waals surface area contributed by atoms with Gasteiger partial charge in [0.05, 0.1) is 0 Å². The van der Waals surface area contributed by atoms with Gasteiger partial charge in [-0.15, -0.1) is 0 Å². The van der Waals surface area contributed by atoms with Gasteiger partial charge in [-0.25, -0.2) is 0 Å². The van der Waals surface area contributed by atoms with Crippen molar-refractivity contribution in [2.75, 3.05) is 0 Å². The van der Waals surface area contributed by atoms with Crippen LogP contribution in [0.1, 0.15) is 37.6 Å². The van der Waals surface area contributed by atoms with Crippen LogP contribution in [0.4, 0.5) is 0 Å². The summed E-state index contributed by atoms with van der Waals surface area (Å²) < 4.78 is 0. The molecule has 0 bridgehead atoms. The second-order valence-corrected chi connectivity index (χ2v) is 6.84. The van der Waals surface area contributed by atoms with Gasteiger partial charge in [0.25, 0.3) is 0 Å². The normalized spacial score (nSPS) is 11.1. The van der Waals surface area contributed by atoms with Gasteiger partial charge in [0, 0.05) is 0 Å². The first kappa shape index (κ1) is 17.0. The van der Waals surface area contributed by atoms with Crippen LogP contribution in [-0.2, 0) is 4.79 Å². The van der Waals surface area contributed by atoms with E-state index in [0.29, 0.717) is 17.0 Å². The van der Waals surface area contributed by atoms with Crippen molar-refractivity contribution >= 4 is 39.9 Å². The fourth-order valence-electron chi connectivity index (χ4n) is 1.62. The zero-order chi connectivity index (χ0) is 15.3. The molecule has 0 saturated heterocycles. The summed E-state index contributed by atoms with van der Waals surface area (Å²) in [7, 11) is 0. The van der Waals surface area contributed by atoms with E-state index in [-0.39, 0.29) is 11.8 Å². The predicted molar refractivity (Wildman–Crippen MR) is 80.7 cm³/mol. The molecule has 1 N–H and O–H groups in total. The first-order chi connectivity index (χ1) is 9.25. The standard InChI is InChI=1S/C14H18ClGeN2O2/c1-14(2,3)18(12(19)7-8-16)17-13(20)10-5-4-6-11(15)9-10/h4-6,9H,7-8H2,1-3H3,(H,17,20). The third-order valence-corrected chi connectivity index (χ3v) is 3.32. The topological polar surface area (TPSA) is 49.4 Å². The van der Waals surface area contributed by atoms with Gasteiger partial charge in [-0.2, -0.15) is 0 Å². The quantitative estimate of drug-likeness (QED) is 0.670. The summed E-state index contributed by atoms with van der Waals surface area (Å²) in [5, 5.41) is 2.61. The number of carbonyl (C=O) groups is 2. The van der Waals surface area contributed by atoms with E-state index in [1.165, 1.54) is 5.01 Å². The Labute approximate surface area is 133 Å². The van der Waals surface area contributed by atoms with Gasteiger partial charge < -0.3 is 0 Å². The molecule has 0 aliphatic carbocycles.